The van der Waals surface area contributed by atoms with Gasteiger partial charge in [0.25, 0.3) is 0 Å². The summed E-state index contributed by atoms with van der Waals surface area (Å²) in [6.07, 6.45) is 4.88. The number of aryl methyl sites for hydroxylation is 1. The summed E-state index contributed by atoms with van der Waals surface area (Å²) in [4.78, 5) is 19.5. The van der Waals surface area contributed by atoms with Gasteiger partial charge in [0.1, 0.15) is 18.2 Å². The van der Waals surface area contributed by atoms with Crippen LogP contribution < -0.4 is 4.74 Å². The van der Waals surface area contributed by atoms with Gasteiger partial charge in [-0.05, 0) is 76.7 Å². The molecule has 0 aliphatic rings. The van der Waals surface area contributed by atoms with E-state index in [4.69, 9.17) is 9.72 Å². The van der Waals surface area contributed by atoms with Gasteiger partial charge in [0.05, 0.1) is 24.1 Å². The van der Waals surface area contributed by atoms with E-state index in [2.05, 4.69) is 73.8 Å². The van der Waals surface area contributed by atoms with E-state index >= 15 is 0 Å². The van der Waals surface area contributed by atoms with Crippen LogP contribution in [0.25, 0.3) is 22.2 Å². The van der Waals surface area contributed by atoms with Gasteiger partial charge in [0.15, 0.2) is 0 Å². The number of hydrogen-bond donors (Lipinski definition) is 1. The number of nitrogens with zero attached hydrogens (tertiary/aromatic N) is 3. The molecule has 5 rings (SSSR count). The van der Waals surface area contributed by atoms with Crippen LogP contribution >= 0.6 is 11.3 Å². The van der Waals surface area contributed by atoms with Crippen molar-refractivity contribution in [2.45, 2.75) is 65.1 Å². The van der Waals surface area contributed by atoms with Gasteiger partial charge in [-0.15, -0.1) is 11.3 Å². The first-order valence-electron chi connectivity index (χ1n) is 15.2. The molecule has 0 amide bonds. The second-order valence-corrected chi connectivity index (χ2v) is 12.2. The molecule has 0 bridgehead atoms. The molecule has 0 radical (unpaired) electrons. The third-order valence-corrected chi connectivity index (χ3v) is 8.88. The Hall–Kier alpha value is -3.94. The molecular formula is C36H41N3O3S. The van der Waals surface area contributed by atoms with E-state index in [0.29, 0.717) is 25.6 Å². The Kier molecular flexibility index (Phi) is 10.3. The number of hydrogen-bond acceptors (Lipinski definition) is 5. The van der Waals surface area contributed by atoms with Crippen molar-refractivity contribution in [2.24, 2.45) is 7.05 Å². The summed E-state index contributed by atoms with van der Waals surface area (Å²) in [6, 6.07) is 27.2. The summed E-state index contributed by atoms with van der Waals surface area (Å²) in [6.45, 7) is 5.98. The smallest absolute Gasteiger partial charge is 0.317 e. The number of thiophene rings is 1. The predicted molar refractivity (Wildman–Crippen MR) is 176 cm³/mol. The minimum Gasteiger partial charge on any atom is -0.489 e. The van der Waals surface area contributed by atoms with E-state index in [9.17, 15) is 9.90 Å². The highest BCUT2D eigenvalue weighted by Crippen LogP contribution is 2.29. The summed E-state index contributed by atoms with van der Waals surface area (Å²) in [7, 11) is 1.98. The lowest BCUT2D eigenvalue weighted by molar-refractivity contribution is -0.138. The van der Waals surface area contributed by atoms with E-state index < -0.39 is 5.97 Å². The number of fused-ring (bicyclic) bond motifs is 1. The van der Waals surface area contributed by atoms with E-state index in [0.717, 1.165) is 44.2 Å². The number of rotatable bonds is 15. The number of imidazole rings is 1. The number of aromatic nitrogens is 2. The van der Waals surface area contributed by atoms with Crippen LogP contribution in [0.3, 0.4) is 0 Å². The number of carbonyl (C=O) groups is 1. The number of ether oxygens (including phenoxy) is 1. The molecule has 7 heteroatoms. The Bertz CT molecular complexity index is 1620. The Balaban J connectivity index is 1.19. The van der Waals surface area contributed by atoms with Crippen molar-refractivity contribution in [1.82, 2.24) is 14.5 Å². The number of para-hydroxylation sites is 2. The molecule has 0 aliphatic carbocycles. The molecule has 0 spiro atoms. The summed E-state index contributed by atoms with van der Waals surface area (Å²) in [5.41, 5.74) is 6.76. The molecular weight excluding hydrogens is 554 g/mol. The summed E-state index contributed by atoms with van der Waals surface area (Å²) in [5, 5.41) is 11.7. The topological polar surface area (TPSA) is 67.6 Å². The van der Waals surface area contributed by atoms with Gasteiger partial charge in [-0.2, -0.15) is 0 Å². The van der Waals surface area contributed by atoms with E-state index in [-0.39, 0.29) is 6.54 Å². The Morgan fingerprint density at radius 3 is 2.35 bits per heavy atom. The molecule has 0 aliphatic heterocycles. The van der Waals surface area contributed by atoms with E-state index in [1.54, 1.807) is 11.3 Å². The summed E-state index contributed by atoms with van der Waals surface area (Å²) >= 11 is 1.65. The van der Waals surface area contributed by atoms with Crippen LogP contribution in [-0.2, 0) is 31.5 Å². The largest absolute Gasteiger partial charge is 0.489 e. The highest BCUT2D eigenvalue weighted by atomic mass is 32.1. The van der Waals surface area contributed by atoms with Gasteiger partial charge in [-0.1, -0.05) is 75.2 Å². The van der Waals surface area contributed by atoms with Gasteiger partial charge in [0.2, 0.25) is 0 Å². The van der Waals surface area contributed by atoms with Gasteiger partial charge in [0, 0.05) is 18.5 Å². The van der Waals surface area contributed by atoms with Crippen LogP contribution in [0.4, 0.5) is 0 Å². The number of carboxylic acids is 1. The molecule has 0 saturated heterocycles. The van der Waals surface area contributed by atoms with Crippen LogP contribution in [0, 0.1) is 0 Å². The van der Waals surface area contributed by atoms with Crippen LogP contribution in [0.15, 0.2) is 84.2 Å². The van der Waals surface area contributed by atoms with Crippen molar-refractivity contribution in [3.05, 3.63) is 106 Å². The van der Waals surface area contributed by atoms with Crippen LogP contribution in [0.2, 0.25) is 0 Å². The fourth-order valence-electron chi connectivity index (χ4n) is 5.70. The SMILES string of the molecule is CCCC(CCC)c1ccc(OCc2ccc(-c3csc(CN(CC(=O)O)Cc4nc5ccccc5n4C)c3)cc2)cc1. The first-order chi connectivity index (χ1) is 20.9. The fraction of sp³-hybridized carbons (Fsp3) is 0.333. The first-order valence-corrected chi connectivity index (χ1v) is 16.1. The lowest BCUT2D eigenvalue weighted by Crippen LogP contribution is -2.29. The molecule has 0 saturated carbocycles. The molecule has 2 aromatic heterocycles. The molecule has 1 N–H and O–H groups in total. The maximum atomic E-state index is 11.7. The average molecular weight is 596 g/mol. The van der Waals surface area contributed by atoms with Crippen molar-refractivity contribution in [2.75, 3.05) is 6.54 Å². The molecule has 0 fully saturated rings. The zero-order valence-corrected chi connectivity index (χ0v) is 26.1. The molecule has 5 aromatic rings. The minimum absolute atomic E-state index is 0.0497. The summed E-state index contributed by atoms with van der Waals surface area (Å²) < 4.78 is 8.13. The van der Waals surface area contributed by atoms with Crippen LogP contribution in [0.1, 0.15) is 67.3 Å². The van der Waals surface area contributed by atoms with Crippen LogP contribution in [0.5, 0.6) is 5.75 Å². The lowest BCUT2D eigenvalue weighted by atomic mass is 9.90. The Morgan fingerprint density at radius 1 is 0.953 bits per heavy atom. The standard InChI is InChI=1S/C36H41N3O3S/c1-4-8-27(9-5-2)28-16-18-31(19-17-28)42-24-26-12-14-29(15-13-26)30-20-32(43-25-30)21-39(23-36(40)41)22-35-37-33-10-6-7-11-34(33)38(35)3/h6-7,10-20,25,27H,4-5,8-9,21-24H2,1-3H3,(H,40,41). The van der Waals surface area contributed by atoms with E-state index in [1.807, 2.05) is 40.8 Å². The van der Waals surface area contributed by atoms with Crippen LogP contribution in [-0.4, -0.2) is 32.1 Å². The van der Waals surface area contributed by atoms with Gasteiger partial charge >= 0.3 is 5.97 Å². The predicted octanol–water partition coefficient (Wildman–Crippen LogP) is 8.65. The summed E-state index contributed by atoms with van der Waals surface area (Å²) in [5.74, 6) is 1.54. The molecule has 0 unspecified atom stereocenters. The second kappa shape index (κ2) is 14.5. The Morgan fingerprint density at radius 2 is 1.67 bits per heavy atom. The normalized spacial score (nSPS) is 11.6. The van der Waals surface area contributed by atoms with Crippen molar-refractivity contribution < 1.29 is 14.6 Å². The molecule has 224 valence electrons. The maximum absolute atomic E-state index is 11.7. The lowest BCUT2D eigenvalue weighted by Gasteiger charge is -2.19. The highest BCUT2D eigenvalue weighted by molar-refractivity contribution is 7.10. The fourth-order valence-corrected chi connectivity index (χ4v) is 6.64. The van der Waals surface area contributed by atoms with Crippen molar-refractivity contribution in [3.63, 3.8) is 0 Å². The molecule has 2 heterocycles. The minimum atomic E-state index is -0.846. The number of aliphatic carboxylic acids is 1. The van der Waals surface area contributed by atoms with Gasteiger partial charge in [-0.3, -0.25) is 9.69 Å². The second-order valence-electron chi connectivity index (χ2n) is 11.2. The third kappa shape index (κ3) is 7.92. The average Bonchev–Trinajstić information content (AvgIpc) is 3.60. The van der Waals surface area contributed by atoms with Gasteiger partial charge < -0.3 is 14.4 Å². The third-order valence-electron chi connectivity index (χ3n) is 7.96. The monoisotopic (exact) mass is 595 g/mol. The van der Waals surface area contributed by atoms with Crippen molar-refractivity contribution >= 4 is 28.3 Å². The molecule has 43 heavy (non-hydrogen) atoms. The maximum Gasteiger partial charge on any atom is 0.317 e. The number of benzene rings is 3. The Labute approximate surface area is 258 Å². The van der Waals surface area contributed by atoms with Gasteiger partial charge in [-0.25, -0.2) is 4.98 Å². The quantitative estimate of drug-likeness (QED) is 0.131. The molecule has 6 nitrogen and oxygen atoms in total. The first kappa shape index (κ1) is 30.5. The number of carboxylic acid groups (broad SMARTS) is 1. The van der Waals surface area contributed by atoms with Crippen molar-refractivity contribution in [3.8, 4) is 16.9 Å². The van der Waals surface area contributed by atoms with E-state index in [1.165, 1.54) is 31.2 Å². The zero-order valence-electron chi connectivity index (χ0n) is 25.3. The van der Waals surface area contributed by atoms with Crippen molar-refractivity contribution in [1.29, 1.82) is 0 Å². The molecule has 3 aromatic carbocycles. The zero-order chi connectivity index (χ0) is 30.2. The highest BCUT2D eigenvalue weighted by Gasteiger charge is 2.17. The molecule has 0 atom stereocenters.